The predicted molar refractivity (Wildman–Crippen MR) is 113 cm³/mol. The number of nitrogens with two attached hydrogens (primary N) is 1. The van der Waals surface area contributed by atoms with E-state index in [1.54, 1.807) is 13.0 Å². The molecule has 3 N–H and O–H groups in total. The molecule has 0 aliphatic carbocycles. The molecule has 3 rings (SSSR count). The molecule has 8 heteroatoms. The van der Waals surface area contributed by atoms with Crippen LogP contribution in [0.4, 0.5) is 5.00 Å². The SMILES string of the molecule is CCOC(=O)c1cc(-c2ccccc2)sc1NC(=O)CN1CCC[C@@H](C(N)=O)C1. The number of amides is 2. The third kappa shape index (κ3) is 5.42. The average Bonchev–Trinajstić information content (AvgIpc) is 3.12. The lowest BCUT2D eigenvalue weighted by atomic mass is 9.97. The van der Waals surface area contributed by atoms with Crippen LogP contribution in [0.3, 0.4) is 0 Å². The number of nitrogens with one attached hydrogen (secondary N) is 1. The maximum atomic E-state index is 12.6. The monoisotopic (exact) mass is 415 g/mol. The molecule has 29 heavy (non-hydrogen) atoms. The molecule has 2 amide bonds. The first-order valence-corrected chi connectivity index (χ1v) is 10.5. The zero-order valence-electron chi connectivity index (χ0n) is 16.3. The minimum atomic E-state index is -0.465. The van der Waals surface area contributed by atoms with E-state index < -0.39 is 5.97 Å². The molecule has 0 unspecified atom stereocenters. The van der Waals surface area contributed by atoms with Gasteiger partial charge in [0.1, 0.15) is 5.00 Å². The van der Waals surface area contributed by atoms with Crippen molar-refractivity contribution in [1.82, 2.24) is 4.90 Å². The van der Waals surface area contributed by atoms with Crippen molar-refractivity contribution >= 4 is 34.1 Å². The van der Waals surface area contributed by atoms with E-state index in [0.29, 0.717) is 17.1 Å². The van der Waals surface area contributed by atoms with Crippen molar-refractivity contribution in [3.05, 3.63) is 42.0 Å². The molecule has 1 atom stereocenters. The van der Waals surface area contributed by atoms with Crippen LogP contribution in [0.15, 0.2) is 36.4 Å². The van der Waals surface area contributed by atoms with Crippen molar-refractivity contribution < 1.29 is 19.1 Å². The van der Waals surface area contributed by atoms with Gasteiger partial charge in [0.05, 0.1) is 24.6 Å². The summed E-state index contributed by atoms with van der Waals surface area (Å²) in [6.07, 6.45) is 1.58. The molecule has 2 heterocycles. The molecule has 0 radical (unpaired) electrons. The summed E-state index contributed by atoms with van der Waals surface area (Å²) in [5, 5.41) is 3.32. The van der Waals surface area contributed by atoms with E-state index in [2.05, 4.69) is 5.32 Å². The van der Waals surface area contributed by atoms with E-state index in [9.17, 15) is 14.4 Å². The second-order valence-electron chi connectivity index (χ2n) is 6.96. The van der Waals surface area contributed by atoms with E-state index in [1.807, 2.05) is 35.2 Å². The molecule has 2 aromatic rings. The van der Waals surface area contributed by atoms with Gasteiger partial charge in [0.25, 0.3) is 0 Å². The first-order valence-electron chi connectivity index (χ1n) is 9.65. The van der Waals surface area contributed by atoms with Gasteiger partial charge in [0.15, 0.2) is 0 Å². The summed E-state index contributed by atoms with van der Waals surface area (Å²) in [6.45, 7) is 3.36. The Kier molecular flexibility index (Phi) is 7.00. The number of benzene rings is 1. The summed E-state index contributed by atoms with van der Waals surface area (Å²) in [6, 6.07) is 11.4. The minimum Gasteiger partial charge on any atom is -0.462 e. The van der Waals surface area contributed by atoms with Crippen LogP contribution < -0.4 is 11.1 Å². The van der Waals surface area contributed by atoms with Crippen LogP contribution in [0.5, 0.6) is 0 Å². The molecule has 1 saturated heterocycles. The molecule has 1 aliphatic heterocycles. The van der Waals surface area contributed by atoms with Gasteiger partial charge < -0.3 is 15.8 Å². The molecular formula is C21H25N3O4S. The Morgan fingerprint density at radius 1 is 1.28 bits per heavy atom. The van der Waals surface area contributed by atoms with Gasteiger partial charge in [0, 0.05) is 11.4 Å². The lowest BCUT2D eigenvalue weighted by molar-refractivity contribution is -0.125. The van der Waals surface area contributed by atoms with Crippen LogP contribution in [-0.4, -0.2) is 48.9 Å². The van der Waals surface area contributed by atoms with Crippen LogP contribution in [0.2, 0.25) is 0 Å². The van der Waals surface area contributed by atoms with Crippen molar-refractivity contribution in [3.8, 4) is 10.4 Å². The van der Waals surface area contributed by atoms with Crippen molar-refractivity contribution in [2.45, 2.75) is 19.8 Å². The van der Waals surface area contributed by atoms with Crippen molar-refractivity contribution in [1.29, 1.82) is 0 Å². The number of thiophene rings is 1. The summed E-state index contributed by atoms with van der Waals surface area (Å²) in [5.74, 6) is -1.25. The predicted octanol–water partition coefficient (Wildman–Crippen LogP) is 2.73. The van der Waals surface area contributed by atoms with Crippen LogP contribution >= 0.6 is 11.3 Å². The first-order chi connectivity index (χ1) is 14.0. The number of likely N-dealkylation sites (tertiary alicyclic amines) is 1. The zero-order chi connectivity index (χ0) is 20.8. The molecule has 0 spiro atoms. The Labute approximate surface area is 173 Å². The van der Waals surface area contributed by atoms with Crippen LogP contribution in [0.25, 0.3) is 10.4 Å². The standard InChI is InChI=1S/C21H25N3O4S/c1-2-28-21(27)16-11-17(14-7-4-3-5-8-14)29-20(16)23-18(25)13-24-10-6-9-15(12-24)19(22)26/h3-5,7-8,11,15H,2,6,9-10,12-13H2,1H3,(H2,22,26)(H,23,25)/t15-/m1/s1. The quantitative estimate of drug-likeness (QED) is 0.677. The molecule has 1 aromatic heterocycles. The largest absolute Gasteiger partial charge is 0.462 e. The highest BCUT2D eigenvalue weighted by molar-refractivity contribution is 7.20. The van der Waals surface area contributed by atoms with Crippen molar-refractivity contribution in [2.24, 2.45) is 11.7 Å². The smallest absolute Gasteiger partial charge is 0.341 e. The first kappa shape index (κ1) is 21.0. The molecule has 1 aromatic carbocycles. The van der Waals surface area contributed by atoms with Crippen LogP contribution in [0, 0.1) is 5.92 Å². The topological polar surface area (TPSA) is 102 Å². The van der Waals surface area contributed by atoms with Gasteiger partial charge in [-0.25, -0.2) is 4.79 Å². The number of piperidine rings is 1. The van der Waals surface area contributed by atoms with E-state index in [0.717, 1.165) is 29.8 Å². The number of primary amides is 1. The third-order valence-corrected chi connectivity index (χ3v) is 5.91. The van der Waals surface area contributed by atoms with Gasteiger partial charge in [-0.3, -0.25) is 14.5 Å². The Morgan fingerprint density at radius 3 is 2.72 bits per heavy atom. The number of carbonyl (C=O) groups excluding carboxylic acids is 3. The Bertz CT molecular complexity index is 881. The van der Waals surface area contributed by atoms with E-state index >= 15 is 0 Å². The number of rotatable bonds is 7. The molecule has 0 saturated carbocycles. The van der Waals surface area contributed by atoms with Gasteiger partial charge >= 0.3 is 5.97 Å². The van der Waals surface area contributed by atoms with E-state index in [4.69, 9.17) is 10.5 Å². The van der Waals surface area contributed by atoms with Gasteiger partial charge in [-0.1, -0.05) is 30.3 Å². The summed E-state index contributed by atoms with van der Waals surface area (Å²) < 4.78 is 5.14. The van der Waals surface area contributed by atoms with E-state index in [1.165, 1.54) is 11.3 Å². The van der Waals surface area contributed by atoms with Crippen molar-refractivity contribution in [3.63, 3.8) is 0 Å². The summed E-state index contributed by atoms with van der Waals surface area (Å²) in [4.78, 5) is 39.2. The average molecular weight is 416 g/mol. The van der Waals surface area contributed by atoms with Gasteiger partial charge in [-0.15, -0.1) is 11.3 Å². The second-order valence-corrected chi connectivity index (χ2v) is 8.02. The zero-order valence-corrected chi connectivity index (χ0v) is 17.2. The lowest BCUT2D eigenvalue weighted by Crippen LogP contribution is -2.44. The second kappa shape index (κ2) is 9.67. The Balaban J connectivity index is 1.74. The Morgan fingerprint density at radius 2 is 2.03 bits per heavy atom. The van der Waals surface area contributed by atoms with Gasteiger partial charge in [0.2, 0.25) is 11.8 Å². The number of anilines is 1. The maximum absolute atomic E-state index is 12.6. The molecule has 0 bridgehead atoms. The molecule has 7 nitrogen and oxygen atoms in total. The highest BCUT2D eigenvalue weighted by atomic mass is 32.1. The minimum absolute atomic E-state index is 0.143. The number of ether oxygens (including phenoxy) is 1. The fourth-order valence-corrected chi connectivity index (χ4v) is 4.46. The van der Waals surface area contributed by atoms with Gasteiger partial charge in [-0.05, 0) is 37.9 Å². The lowest BCUT2D eigenvalue weighted by Gasteiger charge is -2.30. The fourth-order valence-electron chi connectivity index (χ4n) is 3.39. The Hall–Kier alpha value is -2.71. The molecule has 1 aliphatic rings. The van der Waals surface area contributed by atoms with E-state index in [-0.39, 0.29) is 30.9 Å². The van der Waals surface area contributed by atoms with Crippen LogP contribution in [-0.2, 0) is 14.3 Å². The number of nitrogens with zero attached hydrogens (tertiary/aromatic N) is 1. The van der Waals surface area contributed by atoms with Crippen molar-refractivity contribution in [2.75, 3.05) is 31.6 Å². The van der Waals surface area contributed by atoms with Gasteiger partial charge in [-0.2, -0.15) is 0 Å². The highest BCUT2D eigenvalue weighted by Crippen LogP contribution is 2.36. The van der Waals surface area contributed by atoms with Crippen LogP contribution in [0.1, 0.15) is 30.1 Å². The number of esters is 1. The molecule has 1 fully saturated rings. The highest BCUT2D eigenvalue weighted by Gasteiger charge is 2.26. The normalized spacial score (nSPS) is 16.9. The number of carbonyl (C=O) groups is 3. The summed E-state index contributed by atoms with van der Waals surface area (Å²) in [7, 11) is 0. The summed E-state index contributed by atoms with van der Waals surface area (Å²) in [5.41, 5.74) is 6.71. The third-order valence-electron chi connectivity index (χ3n) is 4.81. The number of hydrogen-bond acceptors (Lipinski definition) is 6. The summed E-state index contributed by atoms with van der Waals surface area (Å²) >= 11 is 1.34. The number of hydrogen-bond donors (Lipinski definition) is 2. The maximum Gasteiger partial charge on any atom is 0.341 e. The molecule has 154 valence electrons. The fraction of sp³-hybridized carbons (Fsp3) is 0.381. The molecular weight excluding hydrogens is 390 g/mol.